The molecule has 2 heterocycles. The fraction of sp³-hybridized carbons (Fsp3) is 0.421. The molecule has 1 N–H and O–H groups in total. The van der Waals surface area contributed by atoms with Crippen molar-refractivity contribution < 1.29 is 14.3 Å². The number of carbonyl (C=O) groups is 1. The van der Waals surface area contributed by atoms with Crippen molar-refractivity contribution >= 4 is 17.4 Å². The third kappa shape index (κ3) is 4.04. The summed E-state index contributed by atoms with van der Waals surface area (Å²) in [5.74, 6) is 2.41. The van der Waals surface area contributed by atoms with E-state index in [4.69, 9.17) is 9.47 Å². The Morgan fingerprint density at radius 1 is 1.12 bits per heavy atom. The van der Waals surface area contributed by atoms with Crippen LogP contribution in [0.3, 0.4) is 0 Å². The molecule has 26 heavy (non-hydrogen) atoms. The van der Waals surface area contributed by atoms with Crippen molar-refractivity contribution in [3.63, 3.8) is 0 Å². The predicted octanol–water partition coefficient (Wildman–Crippen LogP) is 2.98. The van der Waals surface area contributed by atoms with Crippen molar-refractivity contribution in [2.45, 2.75) is 19.8 Å². The minimum absolute atomic E-state index is 0.261. The van der Waals surface area contributed by atoms with Gasteiger partial charge >= 0.3 is 0 Å². The standard InChI is InChI=1S/C19H24N4O3/c1-13-8-10-23(11-9-13)18-7-6-16(21-22-18)19(24)20-15-5-4-14(25-2)12-17(15)26-3/h4-7,12-13H,8-11H2,1-3H3,(H,20,24). The Morgan fingerprint density at radius 3 is 2.50 bits per heavy atom. The molecular formula is C19H24N4O3. The first-order chi connectivity index (χ1) is 12.6. The molecule has 0 bridgehead atoms. The number of anilines is 2. The zero-order valence-corrected chi connectivity index (χ0v) is 15.4. The van der Waals surface area contributed by atoms with E-state index in [2.05, 4.69) is 27.3 Å². The van der Waals surface area contributed by atoms with Crippen molar-refractivity contribution in [3.8, 4) is 11.5 Å². The summed E-state index contributed by atoms with van der Waals surface area (Å²) in [5.41, 5.74) is 0.811. The fourth-order valence-corrected chi connectivity index (χ4v) is 2.94. The Morgan fingerprint density at radius 2 is 1.88 bits per heavy atom. The van der Waals surface area contributed by atoms with Gasteiger partial charge in [0.25, 0.3) is 5.91 Å². The molecule has 0 spiro atoms. The lowest BCUT2D eigenvalue weighted by Crippen LogP contribution is -2.33. The predicted molar refractivity (Wildman–Crippen MR) is 100 cm³/mol. The number of carbonyl (C=O) groups excluding carboxylic acids is 1. The summed E-state index contributed by atoms with van der Waals surface area (Å²) in [5, 5.41) is 11.1. The van der Waals surface area contributed by atoms with Crippen molar-refractivity contribution in [2.75, 3.05) is 37.5 Å². The van der Waals surface area contributed by atoms with E-state index in [0.29, 0.717) is 17.2 Å². The molecule has 1 saturated heterocycles. The SMILES string of the molecule is COc1ccc(NC(=O)c2ccc(N3CCC(C)CC3)nn2)c(OC)c1. The summed E-state index contributed by atoms with van der Waals surface area (Å²) in [6, 6.07) is 8.74. The molecule has 0 radical (unpaired) electrons. The number of amides is 1. The van der Waals surface area contributed by atoms with E-state index >= 15 is 0 Å². The zero-order chi connectivity index (χ0) is 18.5. The number of hydrogen-bond acceptors (Lipinski definition) is 6. The second-order valence-electron chi connectivity index (χ2n) is 6.47. The lowest BCUT2D eigenvalue weighted by atomic mass is 9.99. The maximum absolute atomic E-state index is 12.5. The molecule has 1 fully saturated rings. The molecular weight excluding hydrogens is 332 g/mol. The van der Waals surface area contributed by atoms with Gasteiger partial charge in [-0.25, -0.2) is 0 Å². The molecule has 0 unspecified atom stereocenters. The van der Waals surface area contributed by atoms with Gasteiger partial charge in [0.05, 0.1) is 19.9 Å². The molecule has 138 valence electrons. The summed E-state index contributed by atoms with van der Waals surface area (Å²) in [4.78, 5) is 14.7. The summed E-state index contributed by atoms with van der Waals surface area (Å²) in [6.07, 6.45) is 2.31. The van der Waals surface area contributed by atoms with Crippen molar-refractivity contribution in [3.05, 3.63) is 36.0 Å². The fourth-order valence-electron chi connectivity index (χ4n) is 2.94. The minimum Gasteiger partial charge on any atom is -0.497 e. The molecule has 1 amide bonds. The van der Waals surface area contributed by atoms with E-state index in [0.717, 1.165) is 37.7 Å². The van der Waals surface area contributed by atoms with Gasteiger partial charge in [-0.2, -0.15) is 0 Å². The molecule has 2 aromatic rings. The zero-order valence-electron chi connectivity index (χ0n) is 15.4. The number of piperidine rings is 1. The molecule has 1 aliphatic heterocycles. The summed E-state index contributed by atoms with van der Waals surface area (Å²) in [7, 11) is 3.12. The molecule has 3 rings (SSSR count). The number of rotatable bonds is 5. The van der Waals surface area contributed by atoms with E-state index < -0.39 is 0 Å². The highest BCUT2D eigenvalue weighted by Gasteiger charge is 2.18. The molecule has 1 aliphatic rings. The monoisotopic (exact) mass is 356 g/mol. The number of nitrogens with one attached hydrogen (secondary N) is 1. The van der Waals surface area contributed by atoms with Crippen LogP contribution in [0.25, 0.3) is 0 Å². The molecule has 1 aromatic carbocycles. The van der Waals surface area contributed by atoms with Crippen LogP contribution >= 0.6 is 0 Å². The van der Waals surface area contributed by atoms with Crippen LogP contribution in [-0.2, 0) is 0 Å². The van der Waals surface area contributed by atoms with Gasteiger partial charge in [0, 0.05) is 19.2 Å². The van der Waals surface area contributed by atoms with Crippen LogP contribution in [0.5, 0.6) is 11.5 Å². The van der Waals surface area contributed by atoms with E-state index in [9.17, 15) is 4.79 Å². The van der Waals surface area contributed by atoms with Crippen LogP contribution in [0, 0.1) is 5.92 Å². The Kier molecular flexibility index (Phi) is 5.55. The summed E-state index contributed by atoms with van der Waals surface area (Å²) < 4.78 is 10.5. The highest BCUT2D eigenvalue weighted by atomic mass is 16.5. The number of benzene rings is 1. The van der Waals surface area contributed by atoms with Crippen molar-refractivity contribution in [1.29, 1.82) is 0 Å². The van der Waals surface area contributed by atoms with Gasteiger partial charge in [0.1, 0.15) is 11.5 Å². The Bertz CT molecular complexity index is 756. The first-order valence-corrected chi connectivity index (χ1v) is 8.72. The smallest absolute Gasteiger partial charge is 0.276 e. The second-order valence-corrected chi connectivity index (χ2v) is 6.47. The van der Waals surface area contributed by atoms with Crippen LogP contribution in [0.1, 0.15) is 30.3 Å². The quantitative estimate of drug-likeness (QED) is 0.887. The first-order valence-electron chi connectivity index (χ1n) is 8.72. The van der Waals surface area contributed by atoms with Gasteiger partial charge in [0.15, 0.2) is 11.5 Å². The molecule has 7 nitrogen and oxygen atoms in total. The number of methoxy groups -OCH3 is 2. The highest BCUT2D eigenvalue weighted by Crippen LogP contribution is 2.29. The summed E-state index contributed by atoms with van der Waals surface area (Å²) >= 11 is 0. The van der Waals surface area contributed by atoms with Crippen LogP contribution in [0.4, 0.5) is 11.5 Å². The van der Waals surface area contributed by atoms with Gasteiger partial charge < -0.3 is 19.7 Å². The third-order valence-corrected chi connectivity index (χ3v) is 4.65. The Labute approximate surface area is 153 Å². The number of nitrogens with zero attached hydrogens (tertiary/aromatic N) is 3. The summed E-state index contributed by atoms with van der Waals surface area (Å²) in [6.45, 7) is 4.22. The van der Waals surface area contributed by atoms with E-state index in [-0.39, 0.29) is 11.6 Å². The molecule has 7 heteroatoms. The van der Waals surface area contributed by atoms with Gasteiger partial charge in [-0.1, -0.05) is 6.92 Å². The molecule has 0 aliphatic carbocycles. The maximum atomic E-state index is 12.5. The van der Waals surface area contributed by atoms with Crippen molar-refractivity contribution in [2.24, 2.45) is 5.92 Å². The largest absolute Gasteiger partial charge is 0.497 e. The van der Waals surface area contributed by atoms with E-state index in [1.807, 2.05) is 6.07 Å². The Balaban J connectivity index is 1.69. The number of aromatic nitrogens is 2. The topological polar surface area (TPSA) is 76.6 Å². The van der Waals surface area contributed by atoms with Gasteiger partial charge in [-0.3, -0.25) is 4.79 Å². The van der Waals surface area contributed by atoms with Crippen LogP contribution in [0.15, 0.2) is 30.3 Å². The molecule has 1 aromatic heterocycles. The van der Waals surface area contributed by atoms with Gasteiger partial charge in [-0.05, 0) is 43.0 Å². The number of hydrogen-bond donors (Lipinski definition) is 1. The molecule has 0 saturated carbocycles. The van der Waals surface area contributed by atoms with Crippen LogP contribution in [0.2, 0.25) is 0 Å². The van der Waals surface area contributed by atoms with Crippen LogP contribution in [-0.4, -0.2) is 43.4 Å². The average molecular weight is 356 g/mol. The lowest BCUT2D eigenvalue weighted by molar-refractivity contribution is 0.102. The van der Waals surface area contributed by atoms with Gasteiger partial charge in [0.2, 0.25) is 0 Å². The number of ether oxygens (including phenoxy) is 2. The normalized spacial score (nSPS) is 14.8. The van der Waals surface area contributed by atoms with Crippen LogP contribution < -0.4 is 19.7 Å². The average Bonchev–Trinajstić information content (AvgIpc) is 2.69. The Hall–Kier alpha value is -2.83. The third-order valence-electron chi connectivity index (χ3n) is 4.65. The molecule has 0 atom stereocenters. The maximum Gasteiger partial charge on any atom is 0.276 e. The second kappa shape index (κ2) is 8.03. The highest BCUT2D eigenvalue weighted by molar-refractivity contribution is 6.03. The van der Waals surface area contributed by atoms with Crippen molar-refractivity contribution in [1.82, 2.24) is 10.2 Å². The van der Waals surface area contributed by atoms with E-state index in [1.54, 1.807) is 38.5 Å². The lowest BCUT2D eigenvalue weighted by Gasteiger charge is -2.30. The van der Waals surface area contributed by atoms with E-state index in [1.165, 1.54) is 0 Å². The van der Waals surface area contributed by atoms with Gasteiger partial charge in [-0.15, -0.1) is 10.2 Å². The first kappa shape index (κ1) is 18.0. The minimum atomic E-state index is -0.334.